The number of hydrogen-bond acceptors (Lipinski definition) is 3. The number of thiazole rings is 1. The first-order chi connectivity index (χ1) is 9.79. The van der Waals surface area contributed by atoms with Crippen LogP contribution in [0.1, 0.15) is 35.1 Å². The monoisotopic (exact) mass is 284 g/mol. The second kappa shape index (κ2) is 4.72. The molecule has 20 heavy (non-hydrogen) atoms. The van der Waals surface area contributed by atoms with E-state index < -0.39 is 0 Å². The summed E-state index contributed by atoms with van der Waals surface area (Å²) in [6.45, 7) is 0.791. The standard InChI is InChI=1S/C16H16N2OS/c19-14-6-3-4-11-8-18(9-12(11)14)10-16-17-13-5-1-2-7-15(13)20-16/h1-2,5,7-9,14,19H,3-4,6,10H2. The van der Waals surface area contributed by atoms with Crippen LogP contribution in [0, 0.1) is 0 Å². The van der Waals surface area contributed by atoms with Gasteiger partial charge in [-0.25, -0.2) is 4.98 Å². The molecular formula is C16H16N2OS. The highest BCUT2D eigenvalue weighted by Crippen LogP contribution is 2.31. The van der Waals surface area contributed by atoms with Gasteiger partial charge in [0, 0.05) is 18.0 Å². The predicted octanol–water partition coefficient (Wildman–Crippen LogP) is 3.52. The zero-order valence-electron chi connectivity index (χ0n) is 11.1. The van der Waals surface area contributed by atoms with Gasteiger partial charge >= 0.3 is 0 Å². The lowest BCUT2D eigenvalue weighted by molar-refractivity contribution is 0.157. The first kappa shape index (κ1) is 12.1. The number of nitrogens with zero attached hydrogens (tertiary/aromatic N) is 2. The smallest absolute Gasteiger partial charge is 0.114 e. The number of aliphatic hydroxyl groups excluding tert-OH is 1. The van der Waals surface area contributed by atoms with Crippen LogP contribution >= 0.6 is 11.3 Å². The highest BCUT2D eigenvalue weighted by molar-refractivity contribution is 7.18. The largest absolute Gasteiger partial charge is 0.388 e. The average molecular weight is 284 g/mol. The van der Waals surface area contributed by atoms with Crippen molar-refractivity contribution in [1.29, 1.82) is 0 Å². The lowest BCUT2D eigenvalue weighted by Gasteiger charge is -2.16. The van der Waals surface area contributed by atoms with E-state index in [0.717, 1.165) is 41.9 Å². The van der Waals surface area contributed by atoms with E-state index in [1.165, 1.54) is 10.3 Å². The van der Waals surface area contributed by atoms with Crippen molar-refractivity contribution in [2.45, 2.75) is 31.9 Å². The van der Waals surface area contributed by atoms with Crippen LogP contribution in [0.2, 0.25) is 0 Å². The molecule has 102 valence electrons. The molecule has 3 nitrogen and oxygen atoms in total. The first-order valence-electron chi connectivity index (χ1n) is 7.01. The van der Waals surface area contributed by atoms with Crippen molar-refractivity contribution in [1.82, 2.24) is 9.55 Å². The van der Waals surface area contributed by atoms with Crippen molar-refractivity contribution in [3.63, 3.8) is 0 Å². The van der Waals surface area contributed by atoms with E-state index >= 15 is 0 Å². The summed E-state index contributed by atoms with van der Waals surface area (Å²) >= 11 is 1.74. The van der Waals surface area contributed by atoms with Gasteiger partial charge in [0.25, 0.3) is 0 Å². The number of hydrogen-bond donors (Lipinski definition) is 1. The van der Waals surface area contributed by atoms with Gasteiger partial charge in [0.1, 0.15) is 5.01 Å². The Bertz CT molecular complexity index is 726. The number of aryl methyl sites for hydroxylation is 1. The van der Waals surface area contributed by atoms with Crippen LogP contribution in [-0.2, 0) is 13.0 Å². The third-order valence-electron chi connectivity index (χ3n) is 3.94. The molecule has 0 saturated carbocycles. The molecule has 2 aromatic heterocycles. The fourth-order valence-corrected chi connectivity index (χ4v) is 3.94. The molecule has 0 spiro atoms. The van der Waals surface area contributed by atoms with Crippen LogP contribution < -0.4 is 0 Å². The number of para-hydroxylation sites is 1. The summed E-state index contributed by atoms with van der Waals surface area (Å²) in [4.78, 5) is 4.67. The second-order valence-electron chi connectivity index (χ2n) is 5.39. The van der Waals surface area contributed by atoms with Crippen LogP contribution in [0.3, 0.4) is 0 Å². The predicted molar refractivity (Wildman–Crippen MR) is 81.1 cm³/mol. The normalized spacial score (nSPS) is 18.4. The SMILES string of the molecule is OC1CCCc2cn(Cc3nc4ccccc4s3)cc21. The molecule has 0 radical (unpaired) electrons. The maximum atomic E-state index is 10.0. The summed E-state index contributed by atoms with van der Waals surface area (Å²) in [6.07, 6.45) is 7.03. The zero-order chi connectivity index (χ0) is 13.5. The topological polar surface area (TPSA) is 38.0 Å². The minimum absolute atomic E-state index is 0.282. The molecule has 1 aromatic carbocycles. The quantitative estimate of drug-likeness (QED) is 0.782. The molecule has 0 fully saturated rings. The molecule has 2 heterocycles. The van der Waals surface area contributed by atoms with Gasteiger partial charge in [-0.15, -0.1) is 11.3 Å². The molecule has 4 heteroatoms. The van der Waals surface area contributed by atoms with E-state index in [1.807, 2.05) is 6.07 Å². The lowest BCUT2D eigenvalue weighted by Crippen LogP contribution is -2.05. The summed E-state index contributed by atoms with van der Waals surface area (Å²) in [5.74, 6) is 0. The molecule has 1 aliphatic carbocycles. The van der Waals surface area contributed by atoms with Crippen molar-refractivity contribution in [3.05, 3.63) is 52.8 Å². The highest BCUT2D eigenvalue weighted by atomic mass is 32.1. The van der Waals surface area contributed by atoms with E-state index in [1.54, 1.807) is 11.3 Å². The van der Waals surface area contributed by atoms with E-state index in [2.05, 4.69) is 40.1 Å². The molecule has 3 aromatic rings. The Morgan fingerprint density at radius 1 is 1.30 bits per heavy atom. The fourth-order valence-electron chi connectivity index (χ4n) is 2.96. The molecule has 4 rings (SSSR count). The Labute approximate surface area is 121 Å². The molecule has 1 atom stereocenters. The van der Waals surface area contributed by atoms with Gasteiger partial charge in [0.2, 0.25) is 0 Å². The van der Waals surface area contributed by atoms with E-state index in [9.17, 15) is 5.11 Å². The van der Waals surface area contributed by atoms with Gasteiger partial charge < -0.3 is 9.67 Å². The average Bonchev–Trinajstić information content (AvgIpc) is 3.02. The van der Waals surface area contributed by atoms with E-state index in [0.29, 0.717) is 0 Å². The molecular weight excluding hydrogens is 268 g/mol. The number of benzene rings is 1. The summed E-state index contributed by atoms with van der Waals surface area (Å²) in [7, 11) is 0. The summed E-state index contributed by atoms with van der Waals surface area (Å²) in [6, 6.07) is 8.24. The molecule has 1 N–H and O–H groups in total. The van der Waals surface area contributed by atoms with Gasteiger partial charge in [-0.1, -0.05) is 12.1 Å². The van der Waals surface area contributed by atoms with Gasteiger partial charge in [-0.2, -0.15) is 0 Å². The van der Waals surface area contributed by atoms with Crippen LogP contribution in [0.15, 0.2) is 36.7 Å². The Morgan fingerprint density at radius 3 is 3.05 bits per heavy atom. The number of fused-ring (bicyclic) bond motifs is 2. The Balaban J connectivity index is 1.65. The van der Waals surface area contributed by atoms with Crippen LogP contribution in [-0.4, -0.2) is 14.7 Å². The van der Waals surface area contributed by atoms with Gasteiger partial charge in [-0.3, -0.25) is 0 Å². The van der Waals surface area contributed by atoms with Crippen molar-refractivity contribution >= 4 is 21.6 Å². The third kappa shape index (κ3) is 2.05. The van der Waals surface area contributed by atoms with E-state index in [-0.39, 0.29) is 6.10 Å². The first-order valence-corrected chi connectivity index (χ1v) is 7.82. The van der Waals surface area contributed by atoms with Crippen molar-refractivity contribution in [3.8, 4) is 0 Å². The Hall–Kier alpha value is -1.65. The van der Waals surface area contributed by atoms with Crippen molar-refractivity contribution < 1.29 is 5.11 Å². The van der Waals surface area contributed by atoms with Gasteiger partial charge in [0.05, 0.1) is 22.9 Å². The zero-order valence-corrected chi connectivity index (χ0v) is 11.9. The minimum Gasteiger partial charge on any atom is -0.388 e. The summed E-state index contributed by atoms with van der Waals surface area (Å²) in [5, 5.41) is 11.1. The van der Waals surface area contributed by atoms with Crippen molar-refractivity contribution in [2.24, 2.45) is 0 Å². The molecule has 1 aliphatic rings. The van der Waals surface area contributed by atoms with E-state index in [4.69, 9.17) is 0 Å². The lowest BCUT2D eigenvalue weighted by atomic mass is 9.93. The summed E-state index contributed by atoms with van der Waals surface area (Å²) in [5.41, 5.74) is 3.48. The molecule has 1 unspecified atom stereocenters. The number of aromatic nitrogens is 2. The molecule has 0 aliphatic heterocycles. The van der Waals surface area contributed by atoms with Crippen LogP contribution in [0.4, 0.5) is 0 Å². The maximum absolute atomic E-state index is 10.0. The highest BCUT2D eigenvalue weighted by Gasteiger charge is 2.20. The van der Waals surface area contributed by atoms with Crippen molar-refractivity contribution in [2.75, 3.05) is 0 Å². The summed E-state index contributed by atoms with van der Waals surface area (Å²) < 4.78 is 3.40. The Morgan fingerprint density at radius 2 is 2.20 bits per heavy atom. The Kier molecular flexibility index (Phi) is 2.86. The molecule has 0 saturated heterocycles. The number of aliphatic hydroxyl groups is 1. The van der Waals surface area contributed by atoms with Crippen LogP contribution in [0.5, 0.6) is 0 Å². The third-order valence-corrected chi connectivity index (χ3v) is 4.96. The van der Waals surface area contributed by atoms with Gasteiger partial charge in [0.15, 0.2) is 0 Å². The number of rotatable bonds is 2. The minimum atomic E-state index is -0.282. The van der Waals surface area contributed by atoms with Crippen LogP contribution in [0.25, 0.3) is 10.2 Å². The molecule has 0 bridgehead atoms. The second-order valence-corrected chi connectivity index (χ2v) is 6.51. The molecule has 0 amide bonds. The fraction of sp³-hybridized carbons (Fsp3) is 0.312. The maximum Gasteiger partial charge on any atom is 0.114 e. The van der Waals surface area contributed by atoms with Gasteiger partial charge in [-0.05, 0) is 37.0 Å².